The number of hydrogen-bond donors (Lipinski definition) is 2. The Hall–Kier alpha value is -4.41. The third-order valence-corrected chi connectivity index (χ3v) is 6.82. The Kier molecular flexibility index (Phi) is 10.5. The average molecular weight is 644 g/mol. The van der Waals surface area contributed by atoms with Crippen molar-refractivity contribution in [2.24, 2.45) is 0 Å². The molecule has 2 amide bonds. The van der Waals surface area contributed by atoms with Crippen molar-refractivity contribution < 1.29 is 40.7 Å². The van der Waals surface area contributed by atoms with Gasteiger partial charge in [-0.3, -0.25) is 19.3 Å². The molecule has 2 N–H and O–H groups in total. The van der Waals surface area contributed by atoms with Crippen LogP contribution in [0.15, 0.2) is 47.5 Å². The molecule has 4 rings (SSSR count). The minimum absolute atomic E-state index is 0.00973. The zero-order valence-electron chi connectivity index (χ0n) is 24.1. The summed E-state index contributed by atoms with van der Waals surface area (Å²) in [7, 11) is 0. The molecule has 1 saturated heterocycles. The standard InChI is InChI=1S/C28H31F6N7O4/c1-27(31,32)45-20-4-2-3-18(13-20)14-35-25(43)22-16-41(38-37-22)15-19(29)5-9-40-10-6-21(24(30)26(40)44)36-23(42)17-39-11-7-28(33,34)8-12-39/h2-4,6,10,13,16,19H,5,7-9,11-12,14-15,17H2,1H3,(H,35,43)(H,36,42). The number of amides is 2. The molecule has 1 fully saturated rings. The number of ether oxygens (including phenoxy) is 1. The minimum Gasteiger partial charge on any atom is -0.433 e. The second-order valence-corrected chi connectivity index (χ2v) is 10.7. The molecule has 0 aliphatic carbocycles. The molecule has 0 radical (unpaired) electrons. The van der Waals surface area contributed by atoms with Gasteiger partial charge < -0.3 is 19.9 Å². The van der Waals surface area contributed by atoms with Gasteiger partial charge in [0.05, 0.1) is 25.0 Å². The summed E-state index contributed by atoms with van der Waals surface area (Å²) < 4.78 is 88.6. The smallest absolute Gasteiger partial charge is 0.394 e. The Morgan fingerprint density at radius 2 is 1.91 bits per heavy atom. The highest BCUT2D eigenvalue weighted by atomic mass is 19.3. The van der Waals surface area contributed by atoms with Gasteiger partial charge in [0.2, 0.25) is 11.7 Å². The van der Waals surface area contributed by atoms with Gasteiger partial charge in [-0.05, 0) is 30.2 Å². The zero-order chi connectivity index (χ0) is 32.8. The number of likely N-dealkylation sites (tertiary alicyclic amines) is 1. The second-order valence-electron chi connectivity index (χ2n) is 10.7. The van der Waals surface area contributed by atoms with E-state index in [4.69, 9.17) is 0 Å². The summed E-state index contributed by atoms with van der Waals surface area (Å²) in [5.41, 5.74) is -1.10. The fraction of sp³-hybridized carbons (Fsp3) is 0.464. The zero-order valence-corrected chi connectivity index (χ0v) is 24.1. The van der Waals surface area contributed by atoms with E-state index in [0.717, 1.165) is 15.3 Å². The fourth-order valence-corrected chi connectivity index (χ4v) is 4.51. The number of pyridine rings is 1. The van der Waals surface area contributed by atoms with Gasteiger partial charge in [0, 0.05) is 52.1 Å². The van der Waals surface area contributed by atoms with Crippen molar-refractivity contribution in [2.45, 2.75) is 64.0 Å². The number of nitrogens with one attached hydrogen (secondary N) is 2. The number of carbonyl (C=O) groups excluding carboxylic acids is 2. The SMILES string of the molecule is CC(F)(F)Oc1cccc(CNC(=O)c2cn(CC(F)CCn3ccc(NC(=O)CN4CCC(F)(F)CC4)c(F)c3=O)nn2)c1. The lowest BCUT2D eigenvalue weighted by molar-refractivity contribution is -0.159. The van der Waals surface area contributed by atoms with Gasteiger partial charge >= 0.3 is 6.11 Å². The highest BCUT2D eigenvalue weighted by Crippen LogP contribution is 2.27. The molecule has 0 saturated carbocycles. The lowest BCUT2D eigenvalue weighted by atomic mass is 10.1. The van der Waals surface area contributed by atoms with Crippen molar-refractivity contribution in [3.63, 3.8) is 0 Å². The first-order valence-electron chi connectivity index (χ1n) is 13.9. The number of anilines is 1. The normalized spacial score (nSPS) is 15.8. The summed E-state index contributed by atoms with van der Waals surface area (Å²) >= 11 is 0. The molecular formula is C28H31F6N7O4. The highest BCUT2D eigenvalue weighted by Gasteiger charge is 2.34. The first kappa shape index (κ1) is 33.5. The van der Waals surface area contributed by atoms with Crippen molar-refractivity contribution in [3.8, 4) is 5.75 Å². The number of aryl methyl sites for hydroxylation is 1. The number of nitrogens with zero attached hydrogens (tertiary/aromatic N) is 5. The lowest BCUT2D eigenvalue weighted by Gasteiger charge is -2.31. The Labute approximate surface area is 253 Å². The van der Waals surface area contributed by atoms with Crippen LogP contribution in [0.3, 0.4) is 0 Å². The van der Waals surface area contributed by atoms with Crippen molar-refractivity contribution in [2.75, 3.05) is 25.0 Å². The van der Waals surface area contributed by atoms with Gasteiger partial charge in [0.15, 0.2) is 5.69 Å². The first-order valence-corrected chi connectivity index (χ1v) is 13.9. The van der Waals surface area contributed by atoms with E-state index in [2.05, 4.69) is 25.7 Å². The molecule has 0 spiro atoms. The Bertz CT molecular complexity index is 1550. The van der Waals surface area contributed by atoms with Crippen LogP contribution in [0.25, 0.3) is 0 Å². The topological polar surface area (TPSA) is 123 Å². The van der Waals surface area contributed by atoms with Gasteiger partial charge in [-0.25, -0.2) is 17.9 Å². The third kappa shape index (κ3) is 10.1. The number of rotatable bonds is 13. The molecular weight excluding hydrogens is 612 g/mol. The summed E-state index contributed by atoms with van der Waals surface area (Å²) in [4.78, 5) is 38.6. The van der Waals surface area contributed by atoms with Crippen LogP contribution in [0, 0.1) is 5.82 Å². The predicted molar refractivity (Wildman–Crippen MR) is 148 cm³/mol. The quantitative estimate of drug-likeness (QED) is 0.273. The van der Waals surface area contributed by atoms with Crippen LogP contribution in [-0.4, -0.2) is 74.1 Å². The molecule has 1 aromatic carbocycles. The van der Waals surface area contributed by atoms with E-state index < -0.39 is 41.4 Å². The Morgan fingerprint density at radius 3 is 2.62 bits per heavy atom. The van der Waals surface area contributed by atoms with E-state index in [1.54, 1.807) is 6.07 Å². The van der Waals surface area contributed by atoms with Crippen LogP contribution in [0.1, 0.15) is 42.2 Å². The number of piperidine rings is 1. The van der Waals surface area contributed by atoms with Crippen molar-refractivity contribution in [1.29, 1.82) is 0 Å². The van der Waals surface area contributed by atoms with Crippen molar-refractivity contribution >= 4 is 17.5 Å². The molecule has 17 heteroatoms. The lowest BCUT2D eigenvalue weighted by Crippen LogP contribution is -2.43. The van der Waals surface area contributed by atoms with Crippen LogP contribution in [0.5, 0.6) is 5.75 Å². The van der Waals surface area contributed by atoms with Crippen molar-refractivity contribution in [3.05, 3.63) is 70.2 Å². The summed E-state index contributed by atoms with van der Waals surface area (Å²) in [5, 5.41) is 12.2. The number of hydrogen-bond acceptors (Lipinski definition) is 7. The number of aromatic nitrogens is 4. The van der Waals surface area contributed by atoms with Gasteiger partial charge in [-0.15, -0.1) is 5.10 Å². The minimum atomic E-state index is -3.37. The predicted octanol–water partition coefficient (Wildman–Crippen LogP) is 3.60. The molecule has 1 aliphatic heterocycles. The summed E-state index contributed by atoms with van der Waals surface area (Å²) in [6.07, 6.45) is -3.51. The fourth-order valence-electron chi connectivity index (χ4n) is 4.51. The van der Waals surface area contributed by atoms with E-state index in [1.807, 2.05) is 0 Å². The molecule has 3 aromatic rings. The second kappa shape index (κ2) is 14.1. The molecule has 2 aromatic heterocycles. The number of halogens is 6. The van der Waals surface area contributed by atoms with E-state index >= 15 is 0 Å². The summed E-state index contributed by atoms with van der Waals surface area (Å²) in [6, 6.07) is 6.92. The monoisotopic (exact) mass is 643 g/mol. The number of benzene rings is 1. The van der Waals surface area contributed by atoms with Crippen LogP contribution in [0.2, 0.25) is 0 Å². The maximum atomic E-state index is 14.7. The van der Waals surface area contributed by atoms with E-state index in [9.17, 15) is 40.7 Å². The number of alkyl halides is 5. The molecule has 0 bridgehead atoms. The number of carbonyl (C=O) groups is 2. The summed E-state index contributed by atoms with van der Waals surface area (Å²) in [5.74, 6) is -5.41. The molecule has 244 valence electrons. The van der Waals surface area contributed by atoms with Gasteiger partial charge in [0.1, 0.15) is 11.9 Å². The molecule has 1 atom stereocenters. The maximum Gasteiger partial charge on any atom is 0.394 e. The van der Waals surface area contributed by atoms with Crippen LogP contribution < -0.4 is 20.9 Å². The maximum absolute atomic E-state index is 14.7. The molecule has 1 aliphatic rings. The first-order chi connectivity index (χ1) is 21.2. The van der Waals surface area contributed by atoms with E-state index in [1.165, 1.54) is 35.5 Å². The van der Waals surface area contributed by atoms with Crippen molar-refractivity contribution in [1.82, 2.24) is 29.8 Å². The third-order valence-electron chi connectivity index (χ3n) is 6.82. The van der Waals surface area contributed by atoms with Gasteiger partial charge in [-0.2, -0.15) is 13.2 Å². The average Bonchev–Trinajstić information content (AvgIpc) is 3.43. The molecule has 3 heterocycles. The Balaban J connectivity index is 1.23. The van der Waals surface area contributed by atoms with Gasteiger partial charge in [0.25, 0.3) is 17.4 Å². The van der Waals surface area contributed by atoms with Crippen LogP contribution in [0.4, 0.5) is 32.0 Å². The summed E-state index contributed by atoms with van der Waals surface area (Å²) in [6.45, 7) is -0.174. The van der Waals surface area contributed by atoms with Gasteiger partial charge in [-0.1, -0.05) is 17.3 Å². The van der Waals surface area contributed by atoms with Crippen LogP contribution in [-0.2, 0) is 24.4 Å². The molecule has 45 heavy (non-hydrogen) atoms. The van der Waals surface area contributed by atoms with E-state index in [-0.39, 0.29) is 75.7 Å². The molecule has 1 unspecified atom stereocenters. The highest BCUT2D eigenvalue weighted by molar-refractivity contribution is 5.92. The van der Waals surface area contributed by atoms with E-state index in [0.29, 0.717) is 12.5 Å². The molecule has 11 nitrogen and oxygen atoms in total. The largest absolute Gasteiger partial charge is 0.433 e. The Morgan fingerprint density at radius 1 is 1.18 bits per heavy atom. The van der Waals surface area contributed by atoms with Crippen LogP contribution >= 0.6 is 0 Å².